The lowest BCUT2D eigenvalue weighted by molar-refractivity contribution is -0.117. The maximum absolute atomic E-state index is 12.9. The van der Waals surface area contributed by atoms with Gasteiger partial charge in [0.2, 0.25) is 15.9 Å². The molecule has 0 spiro atoms. The molecule has 0 unspecified atom stereocenters. The SMILES string of the molecule is CC[C@H](C(=O)Nc1ccc(I)cc1C)N(c1ccc(Cl)cc1)S(C)(=O)=O. The van der Waals surface area contributed by atoms with Crippen LogP contribution in [0, 0.1) is 10.5 Å². The molecule has 0 fully saturated rings. The number of carbonyl (C=O) groups excluding carboxylic acids is 1. The van der Waals surface area contributed by atoms with E-state index in [0.29, 0.717) is 22.8 Å². The number of nitrogens with one attached hydrogen (secondary N) is 1. The minimum absolute atomic E-state index is 0.324. The average Bonchev–Trinajstić information content (AvgIpc) is 2.55. The van der Waals surface area contributed by atoms with Crippen LogP contribution in [0.5, 0.6) is 0 Å². The van der Waals surface area contributed by atoms with Crippen LogP contribution in [0.4, 0.5) is 11.4 Å². The summed E-state index contributed by atoms with van der Waals surface area (Å²) in [6.45, 7) is 3.67. The highest BCUT2D eigenvalue weighted by molar-refractivity contribution is 14.1. The molecule has 26 heavy (non-hydrogen) atoms. The molecule has 0 aliphatic rings. The topological polar surface area (TPSA) is 66.5 Å². The van der Waals surface area contributed by atoms with Crippen LogP contribution < -0.4 is 9.62 Å². The maximum atomic E-state index is 12.9. The van der Waals surface area contributed by atoms with Gasteiger partial charge in [0, 0.05) is 14.3 Å². The Bertz CT molecular complexity index is 901. The molecule has 0 aliphatic heterocycles. The molecule has 2 aromatic rings. The van der Waals surface area contributed by atoms with Gasteiger partial charge in [-0.3, -0.25) is 9.10 Å². The first-order valence-corrected chi connectivity index (χ1v) is 11.3. The summed E-state index contributed by atoms with van der Waals surface area (Å²) in [6.07, 6.45) is 1.42. The Labute approximate surface area is 172 Å². The monoisotopic (exact) mass is 506 g/mol. The van der Waals surface area contributed by atoms with Gasteiger partial charge in [0.05, 0.1) is 11.9 Å². The van der Waals surface area contributed by atoms with E-state index < -0.39 is 16.1 Å². The summed E-state index contributed by atoms with van der Waals surface area (Å²) < 4.78 is 27.0. The number of anilines is 2. The lowest BCUT2D eigenvalue weighted by Crippen LogP contribution is -2.47. The van der Waals surface area contributed by atoms with Crippen molar-refractivity contribution in [2.75, 3.05) is 15.9 Å². The first-order chi connectivity index (χ1) is 12.1. The van der Waals surface area contributed by atoms with Crippen molar-refractivity contribution in [2.45, 2.75) is 26.3 Å². The molecule has 5 nitrogen and oxygen atoms in total. The number of amides is 1. The largest absolute Gasteiger partial charge is 0.324 e. The molecule has 0 bridgehead atoms. The molecule has 2 aromatic carbocycles. The minimum Gasteiger partial charge on any atom is -0.324 e. The van der Waals surface area contributed by atoms with Crippen LogP contribution in [0.3, 0.4) is 0 Å². The lowest BCUT2D eigenvalue weighted by atomic mass is 10.1. The molecule has 1 N–H and O–H groups in total. The highest BCUT2D eigenvalue weighted by atomic mass is 127. The Balaban J connectivity index is 2.38. The van der Waals surface area contributed by atoms with Gasteiger partial charge in [0.25, 0.3) is 0 Å². The summed E-state index contributed by atoms with van der Waals surface area (Å²) in [7, 11) is -3.67. The van der Waals surface area contributed by atoms with Gasteiger partial charge in [-0.05, 0) is 84.0 Å². The summed E-state index contributed by atoms with van der Waals surface area (Å²) in [5.74, 6) is -0.378. The van der Waals surface area contributed by atoms with Crippen molar-refractivity contribution in [3.05, 3.63) is 56.6 Å². The van der Waals surface area contributed by atoms with E-state index in [4.69, 9.17) is 11.6 Å². The van der Waals surface area contributed by atoms with Gasteiger partial charge in [-0.1, -0.05) is 18.5 Å². The predicted molar refractivity (Wildman–Crippen MR) is 115 cm³/mol. The number of sulfonamides is 1. The van der Waals surface area contributed by atoms with Crippen LogP contribution in [0.1, 0.15) is 18.9 Å². The van der Waals surface area contributed by atoms with E-state index in [0.717, 1.165) is 19.7 Å². The third-order valence-electron chi connectivity index (χ3n) is 3.86. The second-order valence-electron chi connectivity index (χ2n) is 5.91. The van der Waals surface area contributed by atoms with E-state index in [1.165, 1.54) is 0 Å². The fraction of sp³-hybridized carbons (Fsp3) is 0.278. The molecule has 0 radical (unpaired) electrons. The van der Waals surface area contributed by atoms with Gasteiger partial charge < -0.3 is 5.32 Å². The molecule has 2 rings (SSSR count). The van der Waals surface area contributed by atoms with Gasteiger partial charge in [0.1, 0.15) is 6.04 Å². The first-order valence-electron chi connectivity index (χ1n) is 7.95. The Kier molecular flexibility index (Phi) is 6.92. The number of hydrogen-bond donors (Lipinski definition) is 1. The second kappa shape index (κ2) is 8.58. The number of carbonyl (C=O) groups is 1. The van der Waals surface area contributed by atoms with Crippen LogP contribution in [-0.4, -0.2) is 26.6 Å². The van der Waals surface area contributed by atoms with Crippen LogP contribution in [-0.2, 0) is 14.8 Å². The minimum atomic E-state index is -3.67. The molecule has 0 saturated carbocycles. The Morgan fingerprint density at radius 3 is 2.35 bits per heavy atom. The quantitative estimate of drug-likeness (QED) is 0.589. The van der Waals surface area contributed by atoms with Crippen molar-refractivity contribution in [1.82, 2.24) is 0 Å². The number of rotatable bonds is 6. The van der Waals surface area contributed by atoms with Crippen LogP contribution in [0.25, 0.3) is 0 Å². The van der Waals surface area contributed by atoms with E-state index in [9.17, 15) is 13.2 Å². The Morgan fingerprint density at radius 2 is 1.85 bits per heavy atom. The van der Waals surface area contributed by atoms with Crippen LogP contribution in [0.15, 0.2) is 42.5 Å². The van der Waals surface area contributed by atoms with Gasteiger partial charge >= 0.3 is 0 Å². The van der Waals surface area contributed by atoms with E-state index in [2.05, 4.69) is 27.9 Å². The molecule has 0 aliphatic carbocycles. The van der Waals surface area contributed by atoms with Crippen molar-refractivity contribution in [3.8, 4) is 0 Å². The standard InChI is InChI=1S/C18H20ClIN2O3S/c1-4-17(18(23)21-16-10-7-14(20)11-12(16)2)22(26(3,24)25)15-8-5-13(19)6-9-15/h5-11,17H,4H2,1-3H3,(H,21,23)/t17-/m1/s1. The van der Waals surface area contributed by atoms with E-state index in [1.54, 1.807) is 31.2 Å². The highest BCUT2D eigenvalue weighted by Crippen LogP contribution is 2.25. The Hall–Kier alpha value is -1.32. The van der Waals surface area contributed by atoms with E-state index >= 15 is 0 Å². The van der Waals surface area contributed by atoms with Crippen molar-refractivity contribution in [2.24, 2.45) is 0 Å². The van der Waals surface area contributed by atoms with E-state index in [-0.39, 0.29) is 5.91 Å². The molecule has 0 saturated heterocycles. The second-order valence-corrected chi connectivity index (χ2v) is 9.45. The fourth-order valence-corrected chi connectivity index (χ4v) is 4.62. The molecule has 1 atom stereocenters. The van der Waals surface area contributed by atoms with Crippen molar-refractivity contribution in [3.63, 3.8) is 0 Å². The number of benzene rings is 2. The summed E-state index contributed by atoms with van der Waals surface area (Å²) in [5, 5.41) is 3.34. The fourth-order valence-electron chi connectivity index (χ4n) is 2.63. The molecule has 140 valence electrons. The molecule has 0 heterocycles. The summed E-state index contributed by atoms with van der Waals surface area (Å²) in [5.41, 5.74) is 1.98. The smallest absolute Gasteiger partial charge is 0.248 e. The molecule has 0 aromatic heterocycles. The van der Waals surface area contributed by atoms with Crippen LogP contribution in [0.2, 0.25) is 5.02 Å². The molecule has 8 heteroatoms. The van der Waals surface area contributed by atoms with E-state index in [1.807, 2.05) is 25.1 Å². The zero-order valence-electron chi connectivity index (χ0n) is 14.7. The summed E-state index contributed by atoms with van der Waals surface area (Å²) in [6, 6.07) is 11.2. The number of aryl methyl sites for hydroxylation is 1. The molecular weight excluding hydrogens is 487 g/mol. The van der Waals surface area contributed by atoms with Gasteiger partial charge in [-0.25, -0.2) is 8.42 Å². The third kappa shape index (κ3) is 5.11. The van der Waals surface area contributed by atoms with Gasteiger partial charge in [-0.15, -0.1) is 0 Å². The molecule has 1 amide bonds. The number of nitrogens with zero attached hydrogens (tertiary/aromatic N) is 1. The Morgan fingerprint density at radius 1 is 1.23 bits per heavy atom. The highest BCUT2D eigenvalue weighted by Gasteiger charge is 2.31. The summed E-state index contributed by atoms with van der Waals surface area (Å²) in [4.78, 5) is 12.9. The average molecular weight is 507 g/mol. The zero-order valence-corrected chi connectivity index (χ0v) is 18.4. The zero-order chi connectivity index (χ0) is 19.5. The number of halogens is 2. The first kappa shape index (κ1) is 21.0. The molecular formula is C18H20ClIN2O3S. The van der Waals surface area contributed by atoms with Gasteiger partial charge in [0.15, 0.2) is 0 Å². The van der Waals surface area contributed by atoms with Crippen molar-refractivity contribution in [1.29, 1.82) is 0 Å². The van der Waals surface area contributed by atoms with Crippen molar-refractivity contribution >= 4 is 61.5 Å². The summed E-state index contributed by atoms with van der Waals surface area (Å²) >= 11 is 8.09. The van der Waals surface area contributed by atoms with Crippen molar-refractivity contribution < 1.29 is 13.2 Å². The lowest BCUT2D eigenvalue weighted by Gasteiger charge is -2.30. The van der Waals surface area contributed by atoms with Gasteiger partial charge in [-0.2, -0.15) is 0 Å². The van der Waals surface area contributed by atoms with Crippen LogP contribution >= 0.6 is 34.2 Å². The number of hydrogen-bond acceptors (Lipinski definition) is 3. The normalized spacial score (nSPS) is 12.5. The predicted octanol–water partition coefficient (Wildman–Crippen LogP) is 4.44. The maximum Gasteiger partial charge on any atom is 0.248 e. The third-order valence-corrected chi connectivity index (χ3v) is 5.96.